The molecule has 2 aliphatic rings. The van der Waals surface area contributed by atoms with Gasteiger partial charge in [-0.15, -0.1) is 0 Å². The molecule has 4 rings (SSSR count). The first-order valence-electron chi connectivity index (χ1n) is 10.5. The van der Waals surface area contributed by atoms with Crippen LogP contribution < -0.4 is 9.80 Å². The van der Waals surface area contributed by atoms with Crippen molar-refractivity contribution >= 4 is 21.8 Å². The minimum atomic E-state index is -3.73. The molecular weight excluding hydrogens is 405 g/mol. The number of piperazine rings is 1. The van der Waals surface area contributed by atoms with Gasteiger partial charge in [-0.1, -0.05) is 6.07 Å². The lowest BCUT2D eigenvalue weighted by Gasteiger charge is -2.35. The SMILES string of the molecule is Cc1cc(N2CCN(S(=O)(=O)c3cc(F)ccc3C)CC2)nc(N2CCCCC2)n1. The maximum absolute atomic E-state index is 13.6. The number of aromatic nitrogens is 2. The molecule has 0 unspecified atom stereocenters. The zero-order valence-corrected chi connectivity index (χ0v) is 18.3. The van der Waals surface area contributed by atoms with Crippen LogP contribution in [0.3, 0.4) is 0 Å². The summed E-state index contributed by atoms with van der Waals surface area (Å²) in [6, 6.07) is 5.85. The summed E-state index contributed by atoms with van der Waals surface area (Å²) in [6.07, 6.45) is 3.56. The van der Waals surface area contributed by atoms with Gasteiger partial charge in [0.25, 0.3) is 0 Å². The summed E-state index contributed by atoms with van der Waals surface area (Å²) < 4.78 is 41.1. The molecule has 3 heterocycles. The number of hydrogen-bond donors (Lipinski definition) is 0. The van der Waals surface area contributed by atoms with Gasteiger partial charge < -0.3 is 9.80 Å². The van der Waals surface area contributed by atoms with Gasteiger partial charge in [0.2, 0.25) is 16.0 Å². The lowest BCUT2D eigenvalue weighted by atomic mass is 10.1. The summed E-state index contributed by atoms with van der Waals surface area (Å²) in [7, 11) is -3.73. The second kappa shape index (κ2) is 8.47. The number of anilines is 2. The van der Waals surface area contributed by atoms with Gasteiger partial charge in [-0.05, 0) is 50.8 Å². The molecule has 0 spiro atoms. The van der Waals surface area contributed by atoms with E-state index < -0.39 is 15.8 Å². The van der Waals surface area contributed by atoms with Crippen molar-refractivity contribution < 1.29 is 12.8 Å². The van der Waals surface area contributed by atoms with Crippen molar-refractivity contribution in [2.45, 2.75) is 38.0 Å². The predicted octanol–water partition coefficient (Wildman–Crippen LogP) is 2.73. The van der Waals surface area contributed by atoms with Gasteiger partial charge in [0.1, 0.15) is 11.6 Å². The number of aryl methyl sites for hydroxylation is 2. The minimum absolute atomic E-state index is 0.0428. The fourth-order valence-electron chi connectivity index (χ4n) is 4.08. The number of piperidine rings is 1. The summed E-state index contributed by atoms with van der Waals surface area (Å²) >= 11 is 0. The van der Waals surface area contributed by atoms with Gasteiger partial charge in [-0.25, -0.2) is 17.8 Å². The molecule has 0 atom stereocenters. The van der Waals surface area contributed by atoms with Gasteiger partial charge in [0, 0.05) is 51.0 Å². The molecule has 0 bridgehead atoms. The van der Waals surface area contributed by atoms with Crippen LogP contribution in [0.2, 0.25) is 0 Å². The van der Waals surface area contributed by atoms with Crippen LogP contribution in [0.5, 0.6) is 0 Å². The van der Waals surface area contributed by atoms with E-state index in [0.29, 0.717) is 31.7 Å². The van der Waals surface area contributed by atoms with E-state index in [1.165, 1.54) is 22.9 Å². The van der Waals surface area contributed by atoms with E-state index in [1.807, 2.05) is 13.0 Å². The number of rotatable bonds is 4. The largest absolute Gasteiger partial charge is 0.354 e. The monoisotopic (exact) mass is 433 g/mol. The number of nitrogens with zero attached hydrogens (tertiary/aromatic N) is 5. The predicted molar refractivity (Wildman–Crippen MR) is 115 cm³/mol. The zero-order valence-electron chi connectivity index (χ0n) is 17.5. The molecule has 0 aliphatic carbocycles. The third-order valence-electron chi connectivity index (χ3n) is 5.80. The van der Waals surface area contributed by atoms with Crippen molar-refractivity contribution in [1.82, 2.24) is 14.3 Å². The van der Waals surface area contributed by atoms with Crippen molar-refractivity contribution in [3.63, 3.8) is 0 Å². The summed E-state index contributed by atoms with van der Waals surface area (Å²) in [4.78, 5) is 13.8. The first kappa shape index (κ1) is 21.0. The highest BCUT2D eigenvalue weighted by molar-refractivity contribution is 7.89. The topological polar surface area (TPSA) is 69.6 Å². The lowest BCUT2D eigenvalue weighted by Crippen LogP contribution is -2.49. The fourth-order valence-corrected chi connectivity index (χ4v) is 5.74. The molecule has 0 N–H and O–H groups in total. The molecule has 2 aliphatic heterocycles. The Morgan fingerprint density at radius 3 is 2.27 bits per heavy atom. The lowest BCUT2D eigenvalue weighted by molar-refractivity contribution is 0.383. The summed E-state index contributed by atoms with van der Waals surface area (Å²) in [5, 5.41) is 0. The fraction of sp³-hybridized carbons (Fsp3) is 0.524. The number of hydrogen-bond acceptors (Lipinski definition) is 6. The normalized spacial score (nSPS) is 18.6. The van der Waals surface area contributed by atoms with Crippen molar-refractivity contribution in [1.29, 1.82) is 0 Å². The molecule has 9 heteroatoms. The Morgan fingerprint density at radius 1 is 0.867 bits per heavy atom. The van der Waals surface area contributed by atoms with Gasteiger partial charge in [0.15, 0.2) is 0 Å². The van der Waals surface area contributed by atoms with E-state index in [1.54, 1.807) is 6.92 Å². The molecule has 1 aromatic carbocycles. The average Bonchev–Trinajstić information content (AvgIpc) is 2.75. The van der Waals surface area contributed by atoms with Crippen LogP contribution in [-0.2, 0) is 10.0 Å². The van der Waals surface area contributed by atoms with E-state index in [-0.39, 0.29) is 4.90 Å². The zero-order chi connectivity index (χ0) is 21.3. The molecule has 162 valence electrons. The molecule has 7 nitrogen and oxygen atoms in total. The minimum Gasteiger partial charge on any atom is -0.354 e. The van der Waals surface area contributed by atoms with Crippen LogP contribution >= 0.6 is 0 Å². The Bertz CT molecular complexity index is 1020. The Kier molecular flexibility index (Phi) is 5.92. The van der Waals surface area contributed by atoms with Crippen LogP contribution in [0.15, 0.2) is 29.2 Å². The molecule has 0 saturated carbocycles. The van der Waals surface area contributed by atoms with Crippen molar-refractivity contribution in [3.8, 4) is 0 Å². The Hall–Kier alpha value is -2.26. The molecule has 2 aromatic rings. The van der Waals surface area contributed by atoms with E-state index in [9.17, 15) is 12.8 Å². The maximum atomic E-state index is 13.6. The highest BCUT2D eigenvalue weighted by Gasteiger charge is 2.30. The van der Waals surface area contributed by atoms with Crippen LogP contribution in [0.25, 0.3) is 0 Å². The van der Waals surface area contributed by atoms with Crippen LogP contribution in [0.4, 0.5) is 16.2 Å². The van der Waals surface area contributed by atoms with Gasteiger partial charge in [-0.2, -0.15) is 9.29 Å². The molecule has 2 fully saturated rings. The first-order valence-corrected chi connectivity index (χ1v) is 11.9. The molecule has 30 heavy (non-hydrogen) atoms. The van der Waals surface area contributed by atoms with Crippen LogP contribution in [0, 0.1) is 19.7 Å². The number of benzene rings is 1. The molecule has 0 amide bonds. The molecule has 1 aromatic heterocycles. The molecular formula is C21H28FN5O2S. The van der Waals surface area contributed by atoms with E-state index in [4.69, 9.17) is 4.98 Å². The van der Waals surface area contributed by atoms with E-state index >= 15 is 0 Å². The summed E-state index contributed by atoms with van der Waals surface area (Å²) in [5.41, 5.74) is 1.46. The highest BCUT2D eigenvalue weighted by atomic mass is 32.2. The third kappa shape index (κ3) is 4.27. The Morgan fingerprint density at radius 2 is 1.57 bits per heavy atom. The summed E-state index contributed by atoms with van der Waals surface area (Å²) in [5.74, 6) is 1.05. The van der Waals surface area contributed by atoms with Crippen LogP contribution in [0.1, 0.15) is 30.5 Å². The van der Waals surface area contributed by atoms with Gasteiger partial charge in [0.05, 0.1) is 4.90 Å². The van der Waals surface area contributed by atoms with Gasteiger partial charge in [-0.3, -0.25) is 0 Å². The Balaban J connectivity index is 1.49. The highest BCUT2D eigenvalue weighted by Crippen LogP contribution is 2.25. The van der Waals surface area contributed by atoms with E-state index in [2.05, 4.69) is 14.8 Å². The Labute approximate surface area is 177 Å². The smallest absolute Gasteiger partial charge is 0.243 e. The summed E-state index contributed by atoms with van der Waals surface area (Å²) in [6.45, 7) is 7.33. The maximum Gasteiger partial charge on any atom is 0.243 e. The third-order valence-corrected chi connectivity index (χ3v) is 7.84. The van der Waals surface area contributed by atoms with Crippen molar-refractivity contribution in [2.75, 3.05) is 49.1 Å². The standard InChI is InChI=1S/C21H28FN5O2S/c1-16-6-7-18(22)15-19(16)30(28,29)27-12-10-25(11-13-27)20-14-17(2)23-21(24-20)26-8-4-3-5-9-26/h6-7,14-15H,3-5,8-13H2,1-2H3. The van der Waals surface area contributed by atoms with Gasteiger partial charge >= 0.3 is 0 Å². The van der Waals surface area contributed by atoms with Crippen molar-refractivity contribution in [2.24, 2.45) is 0 Å². The quantitative estimate of drug-likeness (QED) is 0.739. The second-order valence-corrected chi connectivity index (χ2v) is 9.92. The molecule has 2 saturated heterocycles. The van der Waals surface area contributed by atoms with Crippen molar-refractivity contribution in [3.05, 3.63) is 41.3 Å². The van der Waals surface area contributed by atoms with Crippen LogP contribution in [-0.4, -0.2) is 62.0 Å². The molecule has 0 radical (unpaired) electrons. The average molecular weight is 434 g/mol. The van der Waals surface area contributed by atoms with E-state index in [0.717, 1.165) is 49.5 Å². The second-order valence-electron chi connectivity index (χ2n) is 8.02. The number of sulfonamides is 1. The number of halogens is 1. The first-order chi connectivity index (χ1) is 14.3.